The zero-order chi connectivity index (χ0) is 19.7. The van der Waals surface area contributed by atoms with Gasteiger partial charge in [0.25, 0.3) is 5.91 Å². The Hall–Kier alpha value is -2.50. The van der Waals surface area contributed by atoms with Crippen LogP contribution in [0.2, 0.25) is 0 Å². The molecule has 5 rings (SSSR count). The normalized spacial score (nSPS) is 30.4. The monoisotopic (exact) mass is 385 g/mol. The quantitative estimate of drug-likeness (QED) is 0.581. The number of benzene rings is 1. The summed E-state index contributed by atoms with van der Waals surface area (Å²) in [6.45, 7) is -0.260. The zero-order valence-corrected chi connectivity index (χ0v) is 16.1. The average Bonchev–Trinajstić information content (AvgIpc) is 2.64. The summed E-state index contributed by atoms with van der Waals surface area (Å²) in [5.74, 6) is 1.81. The summed E-state index contributed by atoms with van der Waals surface area (Å²) < 4.78 is 10.1. The first-order valence-electron chi connectivity index (χ1n) is 9.97. The van der Waals surface area contributed by atoms with E-state index >= 15 is 0 Å². The van der Waals surface area contributed by atoms with Crippen molar-refractivity contribution in [3.63, 3.8) is 0 Å². The van der Waals surface area contributed by atoms with E-state index in [0.717, 1.165) is 37.0 Å². The molecule has 1 amide bonds. The number of aromatic hydroxyl groups is 1. The van der Waals surface area contributed by atoms with Crippen molar-refractivity contribution < 1.29 is 24.2 Å². The van der Waals surface area contributed by atoms with E-state index in [9.17, 15) is 14.7 Å². The maximum absolute atomic E-state index is 12.4. The topological polar surface area (TPSA) is 84.9 Å². The number of nitrogens with one attached hydrogen (secondary N) is 1. The number of methoxy groups -OCH3 is 1. The van der Waals surface area contributed by atoms with Gasteiger partial charge < -0.3 is 19.9 Å². The van der Waals surface area contributed by atoms with E-state index in [0.29, 0.717) is 11.3 Å². The van der Waals surface area contributed by atoms with Gasteiger partial charge in [-0.25, -0.2) is 4.79 Å². The smallest absolute Gasteiger partial charge is 0.331 e. The molecule has 4 saturated carbocycles. The highest BCUT2D eigenvalue weighted by Crippen LogP contribution is 2.55. The van der Waals surface area contributed by atoms with Gasteiger partial charge in [0.1, 0.15) is 0 Å². The van der Waals surface area contributed by atoms with Gasteiger partial charge in [0.2, 0.25) is 0 Å². The molecule has 1 aromatic rings. The van der Waals surface area contributed by atoms with Crippen molar-refractivity contribution in [3.05, 3.63) is 29.8 Å². The SMILES string of the molecule is COc1cc(C=CC(=O)OCC(=O)NC23CC4CC(CC(C4)C2)C3)ccc1O. The maximum atomic E-state index is 12.4. The summed E-state index contributed by atoms with van der Waals surface area (Å²) in [6.07, 6.45) is 9.99. The largest absolute Gasteiger partial charge is 0.504 e. The second kappa shape index (κ2) is 7.49. The number of carbonyl (C=O) groups is 2. The second-order valence-electron chi connectivity index (χ2n) is 8.62. The van der Waals surface area contributed by atoms with Gasteiger partial charge in [0.05, 0.1) is 7.11 Å². The molecule has 0 spiro atoms. The lowest BCUT2D eigenvalue weighted by molar-refractivity contribution is -0.145. The lowest BCUT2D eigenvalue weighted by Gasteiger charge is -2.56. The van der Waals surface area contributed by atoms with E-state index in [1.54, 1.807) is 18.2 Å². The summed E-state index contributed by atoms with van der Waals surface area (Å²) in [7, 11) is 1.46. The van der Waals surface area contributed by atoms with Crippen LogP contribution in [0, 0.1) is 17.8 Å². The van der Waals surface area contributed by atoms with Crippen molar-refractivity contribution in [3.8, 4) is 11.5 Å². The first kappa shape index (κ1) is 18.8. The third kappa shape index (κ3) is 4.01. The molecule has 0 unspecified atom stereocenters. The molecule has 150 valence electrons. The maximum Gasteiger partial charge on any atom is 0.331 e. The molecule has 1 aromatic carbocycles. The highest BCUT2D eigenvalue weighted by molar-refractivity contribution is 5.89. The van der Waals surface area contributed by atoms with Crippen LogP contribution in [0.25, 0.3) is 6.08 Å². The Morgan fingerprint density at radius 3 is 2.43 bits per heavy atom. The number of hydrogen-bond donors (Lipinski definition) is 2. The Labute approximate surface area is 164 Å². The summed E-state index contributed by atoms with van der Waals surface area (Å²) in [5, 5.41) is 12.8. The fourth-order valence-electron chi connectivity index (χ4n) is 5.74. The molecule has 4 aliphatic rings. The molecule has 0 aromatic heterocycles. The molecule has 0 heterocycles. The molecule has 0 aliphatic heterocycles. The minimum atomic E-state index is -0.576. The Kier molecular flexibility index (Phi) is 5.04. The molecule has 4 bridgehead atoms. The van der Waals surface area contributed by atoms with E-state index in [4.69, 9.17) is 9.47 Å². The van der Waals surface area contributed by atoms with Crippen molar-refractivity contribution >= 4 is 18.0 Å². The molecule has 6 nitrogen and oxygen atoms in total. The first-order valence-corrected chi connectivity index (χ1v) is 9.97. The van der Waals surface area contributed by atoms with Crippen LogP contribution in [-0.2, 0) is 14.3 Å². The third-order valence-corrected chi connectivity index (χ3v) is 6.40. The molecule has 4 aliphatic carbocycles. The fourth-order valence-corrected chi connectivity index (χ4v) is 5.74. The van der Waals surface area contributed by atoms with E-state index in [-0.39, 0.29) is 23.8 Å². The molecule has 6 heteroatoms. The van der Waals surface area contributed by atoms with Gasteiger partial charge in [-0.2, -0.15) is 0 Å². The number of amides is 1. The predicted molar refractivity (Wildman–Crippen MR) is 104 cm³/mol. The Bertz CT molecular complexity index is 765. The van der Waals surface area contributed by atoms with Crippen LogP contribution >= 0.6 is 0 Å². The zero-order valence-electron chi connectivity index (χ0n) is 16.1. The van der Waals surface area contributed by atoms with Gasteiger partial charge in [-0.15, -0.1) is 0 Å². The van der Waals surface area contributed by atoms with Crippen LogP contribution in [0.4, 0.5) is 0 Å². The molecule has 4 fully saturated rings. The molecule has 0 radical (unpaired) electrons. The first-order chi connectivity index (χ1) is 13.4. The van der Waals surface area contributed by atoms with Crippen LogP contribution < -0.4 is 10.1 Å². The van der Waals surface area contributed by atoms with Crippen LogP contribution in [-0.4, -0.2) is 36.2 Å². The Balaban J connectivity index is 1.27. The standard InChI is InChI=1S/C22H27NO5/c1-27-19-9-14(2-4-18(19)24)3-5-21(26)28-13-20(25)23-22-10-15-6-16(11-22)8-17(7-15)12-22/h2-5,9,15-17,24H,6-8,10-13H2,1H3,(H,23,25). The molecule has 28 heavy (non-hydrogen) atoms. The highest BCUT2D eigenvalue weighted by Gasteiger charge is 2.51. The highest BCUT2D eigenvalue weighted by atomic mass is 16.5. The van der Waals surface area contributed by atoms with Crippen molar-refractivity contribution in [2.24, 2.45) is 17.8 Å². The number of ether oxygens (including phenoxy) is 2. The van der Waals surface area contributed by atoms with Gasteiger partial charge in [-0.05, 0) is 80.1 Å². The summed E-state index contributed by atoms with van der Waals surface area (Å²) in [6, 6.07) is 4.75. The van der Waals surface area contributed by atoms with Crippen LogP contribution in [0.15, 0.2) is 24.3 Å². The van der Waals surface area contributed by atoms with Crippen LogP contribution in [0.5, 0.6) is 11.5 Å². The van der Waals surface area contributed by atoms with Gasteiger partial charge in [-0.1, -0.05) is 6.07 Å². The van der Waals surface area contributed by atoms with E-state index < -0.39 is 5.97 Å². The number of rotatable bonds is 6. The van der Waals surface area contributed by atoms with Gasteiger partial charge >= 0.3 is 5.97 Å². The number of esters is 1. The molecule has 0 saturated heterocycles. The van der Waals surface area contributed by atoms with Gasteiger partial charge in [0, 0.05) is 11.6 Å². The van der Waals surface area contributed by atoms with E-state index in [1.165, 1.54) is 38.5 Å². The number of phenols is 1. The third-order valence-electron chi connectivity index (χ3n) is 6.40. The molecular weight excluding hydrogens is 358 g/mol. The minimum Gasteiger partial charge on any atom is -0.504 e. The second-order valence-corrected chi connectivity index (χ2v) is 8.62. The molecular formula is C22H27NO5. The summed E-state index contributed by atoms with van der Waals surface area (Å²) in [4.78, 5) is 24.3. The minimum absolute atomic E-state index is 0.0311. The predicted octanol–water partition coefficient (Wildman–Crippen LogP) is 3.04. The van der Waals surface area contributed by atoms with E-state index in [2.05, 4.69) is 5.32 Å². The average molecular weight is 385 g/mol. The van der Waals surface area contributed by atoms with Crippen molar-refractivity contribution in [2.45, 2.75) is 44.1 Å². The number of phenolic OH excluding ortho intramolecular Hbond substituents is 1. The summed E-state index contributed by atoms with van der Waals surface area (Å²) >= 11 is 0. The van der Waals surface area contributed by atoms with Crippen molar-refractivity contribution in [1.82, 2.24) is 5.32 Å². The van der Waals surface area contributed by atoms with E-state index in [1.807, 2.05) is 0 Å². The lowest BCUT2D eigenvalue weighted by atomic mass is 9.53. The van der Waals surface area contributed by atoms with Gasteiger partial charge in [-0.3, -0.25) is 4.79 Å². The van der Waals surface area contributed by atoms with Crippen molar-refractivity contribution in [1.29, 1.82) is 0 Å². The Morgan fingerprint density at radius 1 is 1.18 bits per heavy atom. The number of carbonyl (C=O) groups excluding carboxylic acids is 2. The summed E-state index contributed by atoms with van der Waals surface area (Å²) in [5.41, 5.74) is 0.612. The molecule has 0 atom stereocenters. The van der Waals surface area contributed by atoms with Crippen LogP contribution in [0.1, 0.15) is 44.1 Å². The molecule has 2 N–H and O–H groups in total. The van der Waals surface area contributed by atoms with Crippen molar-refractivity contribution in [2.75, 3.05) is 13.7 Å². The fraction of sp³-hybridized carbons (Fsp3) is 0.545. The lowest BCUT2D eigenvalue weighted by Crippen LogP contribution is -2.60. The number of hydrogen-bond acceptors (Lipinski definition) is 5. The van der Waals surface area contributed by atoms with Gasteiger partial charge in [0.15, 0.2) is 18.1 Å². The Morgan fingerprint density at radius 2 is 1.82 bits per heavy atom. The van der Waals surface area contributed by atoms with Crippen LogP contribution in [0.3, 0.4) is 0 Å².